The number of halogens is 2. The maximum Gasteiger partial charge on any atom is 0.261 e. The minimum Gasteiger partial charge on any atom is -0.370 e. The molecule has 2 heterocycles. The predicted octanol–water partition coefficient (Wildman–Crippen LogP) is 4.15. The molecular formula is C26H32ClFN4O4S. The van der Waals surface area contributed by atoms with E-state index in [1.54, 1.807) is 18.2 Å². The summed E-state index contributed by atoms with van der Waals surface area (Å²) in [5.41, 5.74) is 0.334. The first-order chi connectivity index (χ1) is 17.5. The summed E-state index contributed by atoms with van der Waals surface area (Å²) in [6, 6.07) is 7.12. The van der Waals surface area contributed by atoms with Crippen LogP contribution in [0.2, 0.25) is 4.34 Å². The molecule has 8 nitrogen and oxygen atoms in total. The van der Waals surface area contributed by atoms with Gasteiger partial charge in [-0.3, -0.25) is 19.3 Å². The number of amides is 3. The predicted molar refractivity (Wildman–Crippen MR) is 143 cm³/mol. The van der Waals surface area contributed by atoms with E-state index in [9.17, 15) is 14.4 Å². The number of carbonyl (C=O) groups excluding carboxylic acids is 3. The number of nitrogens with one attached hydrogen (secondary N) is 2. The first-order valence-corrected chi connectivity index (χ1v) is 13.5. The van der Waals surface area contributed by atoms with E-state index < -0.39 is 17.8 Å². The normalized spacial score (nSPS) is 17.1. The first kappa shape index (κ1) is 27.5. The number of ether oxygens (including phenoxy) is 1. The molecule has 2 aromatic rings. The van der Waals surface area contributed by atoms with E-state index in [1.807, 2.05) is 0 Å². The number of hydrogen-bond acceptors (Lipinski definition) is 6. The van der Waals surface area contributed by atoms with Gasteiger partial charge in [0.25, 0.3) is 11.8 Å². The average molecular weight is 551 g/mol. The minimum atomic E-state index is -0.703. The number of nitrogens with zero attached hydrogens (tertiary/aromatic N) is 2. The van der Waals surface area contributed by atoms with Crippen LogP contribution in [-0.2, 0) is 14.3 Å². The average Bonchev–Trinajstić information content (AvgIpc) is 3.59. The SMILES string of the molecule is CC(C)(C)CN(C1CC1)[C@@H](CNC(=O)c1ccc(Cl)s1)C(=O)Nc1ccc(N2CCOCC2=O)cc1F. The van der Waals surface area contributed by atoms with Crippen molar-refractivity contribution in [3.05, 3.63) is 45.4 Å². The fourth-order valence-corrected chi connectivity index (χ4v) is 5.26. The minimum absolute atomic E-state index is 0.0160. The zero-order chi connectivity index (χ0) is 26.7. The summed E-state index contributed by atoms with van der Waals surface area (Å²) in [5, 5.41) is 5.57. The summed E-state index contributed by atoms with van der Waals surface area (Å²) in [4.78, 5) is 42.4. The molecule has 11 heteroatoms. The first-order valence-electron chi connectivity index (χ1n) is 12.3. The third kappa shape index (κ3) is 7.28. The molecule has 37 heavy (non-hydrogen) atoms. The summed E-state index contributed by atoms with van der Waals surface area (Å²) in [6.07, 6.45) is 1.93. The Bertz CT molecular complexity index is 1160. The van der Waals surface area contributed by atoms with Crippen LogP contribution in [0.1, 0.15) is 43.3 Å². The van der Waals surface area contributed by atoms with Gasteiger partial charge in [-0.15, -0.1) is 11.3 Å². The van der Waals surface area contributed by atoms with Crippen molar-refractivity contribution in [3.8, 4) is 0 Å². The number of benzene rings is 1. The molecule has 1 saturated heterocycles. The molecule has 1 saturated carbocycles. The zero-order valence-electron chi connectivity index (χ0n) is 21.2. The highest BCUT2D eigenvalue weighted by Crippen LogP contribution is 2.32. The Kier molecular flexibility index (Phi) is 8.52. The van der Waals surface area contributed by atoms with E-state index in [1.165, 1.54) is 17.0 Å². The van der Waals surface area contributed by atoms with Crippen molar-refractivity contribution in [2.75, 3.05) is 43.1 Å². The topological polar surface area (TPSA) is 91.0 Å². The quantitative estimate of drug-likeness (QED) is 0.489. The number of morpholine rings is 1. The maximum atomic E-state index is 15.1. The van der Waals surface area contributed by atoms with Crippen molar-refractivity contribution in [1.82, 2.24) is 10.2 Å². The molecular weight excluding hydrogens is 519 g/mol. The Balaban J connectivity index is 1.52. The molecule has 1 aromatic carbocycles. The highest BCUT2D eigenvalue weighted by atomic mass is 35.5. The van der Waals surface area contributed by atoms with E-state index in [0.717, 1.165) is 24.2 Å². The second kappa shape index (κ2) is 11.5. The van der Waals surface area contributed by atoms with Crippen LogP contribution in [0.25, 0.3) is 0 Å². The molecule has 1 aromatic heterocycles. The van der Waals surface area contributed by atoms with Crippen LogP contribution in [0.4, 0.5) is 15.8 Å². The Morgan fingerprint density at radius 1 is 1.27 bits per heavy atom. The van der Waals surface area contributed by atoms with Crippen LogP contribution < -0.4 is 15.5 Å². The lowest BCUT2D eigenvalue weighted by Gasteiger charge is -2.36. The van der Waals surface area contributed by atoms with Gasteiger partial charge >= 0.3 is 0 Å². The fourth-order valence-electron chi connectivity index (χ4n) is 4.30. The molecule has 1 aliphatic heterocycles. The molecule has 3 amide bonds. The van der Waals surface area contributed by atoms with Gasteiger partial charge in [-0.2, -0.15) is 0 Å². The third-order valence-electron chi connectivity index (χ3n) is 6.14. The van der Waals surface area contributed by atoms with Gasteiger partial charge in [0.2, 0.25) is 5.91 Å². The van der Waals surface area contributed by atoms with Gasteiger partial charge in [-0.1, -0.05) is 32.4 Å². The fraction of sp³-hybridized carbons (Fsp3) is 0.500. The smallest absolute Gasteiger partial charge is 0.261 e. The van der Waals surface area contributed by atoms with Gasteiger partial charge in [0.1, 0.15) is 18.5 Å². The molecule has 0 unspecified atom stereocenters. The highest BCUT2D eigenvalue weighted by molar-refractivity contribution is 7.18. The molecule has 200 valence electrons. The largest absolute Gasteiger partial charge is 0.370 e. The standard InChI is InChI=1S/C26H32ClFN4O4S/c1-26(2,3)15-32(16-4-5-16)20(13-29-25(35)21-8-9-22(27)37-21)24(34)30-19-7-6-17(12-18(19)28)31-10-11-36-14-23(31)33/h6-9,12,16,20H,4-5,10-11,13-15H2,1-3H3,(H,29,35)(H,30,34)/t20-/m0/s1. The third-order valence-corrected chi connectivity index (χ3v) is 7.37. The number of thiophene rings is 1. The zero-order valence-corrected chi connectivity index (χ0v) is 22.8. The summed E-state index contributed by atoms with van der Waals surface area (Å²) in [5.74, 6) is -1.61. The summed E-state index contributed by atoms with van der Waals surface area (Å²) in [6.45, 7) is 7.65. The van der Waals surface area contributed by atoms with Crippen LogP contribution in [0.15, 0.2) is 30.3 Å². The summed E-state index contributed by atoms with van der Waals surface area (Å²) < 4.78 is 20.7. The van der Waals surface area contributed by atoms with Crippen molar-refractivity contribution < 1.29 is 23.5 Å². The van der Waals surface area contributed by atoms with Crippen molar-refractivity contribution in [3.63, 3.8) is 0 Å². The Morgan fingerprint density at radius 3 is 2.62 bits per heavy atom. The highest BCUT2D eigenvalue weighted by Gasteiger charge is 2.39. The van der Waals surface area contributed by atoms with E-state index in [-0.39, 0.29) is 42.1 Å². The van der Waals surface area contributed by atoms with Crippen LogP contribution in [-0.4, -0.2) is 67.6 Å². The number of carbonyl (C=O) groups is 3. The van der Waals surface area contributed by atoms with Gasteiger partial charge in [-0.05, 0) is 48.6 Å². The molecule has 1 atom stereocenters. The lowest BCUT2D eigenvalue weighted by atomic mass is 9.95. The van der Waals surface area contributed by atoms with Gasteiger partial charge in [0.05, 0.1) is 21.5 Å². The van der Waals surface area contributed by atoms with Gasteiger partial charge in [0.15, 0.2) is 0 Å². The molecule has 4 rings (SSSR count). The molecule has 2 N–H and O–H groups in total. The van der Waals surface area contributed by atoms with Crippen molar-refractivity contribution in [2.45, 2.75) is 45.7 Å². The number of anilines is 2. The van der Waals surface area contributed by atoms with Crippen LogP contribution in [0.5, 0.6) is 0 Å². The Hall–Kier alpha value is -2.53. The van der Waals surface area contributed by atoms with Crippen molar-refractivity contribution in [1.29, 1.82) is 0 Å². The Labute approximate surface area is 225 Å². The van der Waals surface area contributed by atoms with Gasteiger partial charge in [0, 0.05) is 31.4 Å². The van der Waals surface area contributed by atoms with Gasteiger partial charge < -0.3 is 20.3 Å². The van der Waals surface area contributed by atoms with E-state index in [0.29, 0.717) is 34.6 Å². The second-order valence-corrected chi connectivity index (χ2v) is 12.3. The molecule has 2 aliphatic rings. The molecule has 1 aliphatic carbocycles. The van der Waals surface area contributed by atoms with Crippen molar-refractivity contribution in [2.24, 2.45) is 5.41 Å². The maximum absolute atomic E-state index is 15.1. The molecule has 0 bridgehead atoms. The molecule has 0 radical (unpaired) electrons. The molecule has 2 fully saturated rings. The van der Waals surface area contributed by atoms with Crippen LogP contribution >= 0.6 is 22.9 Å². The Morgan fingerprint density at radius 2 is 2.03 bits per heavy atom. The van der Waals surface area contributed by atoms with E-state index >= 15 is 4.39 Å². The van der Waals surface area contributed by atoms with Crippen LogP contribution in [0.3, 0.4) is 0 Å². The van der Waals surface area contributed by atoms with E-state index in [2.05, 4.69) is 36.3 Å². The number of rotatable bonds is 9. The monoisotopic (exact) mass is 550 g/mol. The second-order valence-electron chi connectivity index (χ2n) is 10.5. The summed E-state index contributed by atoms with van der Waals surface area (Å²) >= 11 is 7.13. The lowest BCUT2D eigenvalue weighted by Crippen LogP contribution is -2.53. The number of hydrogen-bond donors (Lipinski definition) is 2. The van der Waals surface area contributed by atoms with E-state index in [4.69, 9.17) is 16.3 Å². The van der Waals surface area contributed by atoms with Crippen LogP contribution in [0, 0.1) is 11.2 Å². The van der Waals surface area contributed by atoms with Gasteiger partial charge in [-0.25, -0.2) is 4.39 Å². The lowest BCUT2D eigenvalue weighted by molar-refractivity contribution is -0.125. The van der Waals surface area contributed by atoms with Crippen molar-refractivity contribution >= 4 is 52.0 Å². The summed E-state index contributed by atoms with van der Waals surface area (Å²) in [7, 11) is 0. The molecule has 0 spiro atoms.